The molecule has 6 nitrogen and oxygen atoms in total. The number of amides is 1. The van der Waals surface area contributed by atoms with E-state index < -0.39 is 5.60 Å². The van der Waals surface area contributed by atoms with Gasteiger partial charge in [-0.2, -0.15) is 0 Å². The minimum Gasteiger partial charge on any atom is -0.456 e. The van der Waals surface area contributed by atoms with Crippen LogP contribution in [0.3, 0.4) is 0 Å². The number of hydrogen-bond acceptors (Lipinski definition) is 4. The predicted octanol–water partition coefficient (Wildman–Crippen LogP) is 5.39. The SMILES string of the molecule is CC.CCCC[N+]1(CC(=O)OC(C)(C)C)CCCCC1C(=O)Nc1c(C)cccc1C.CO. The predicted molar refractivity (Wildman–Crippen MR) is 137 cm³/mol. The van der Waals surface area contributed by atoms with E-state index in [1.54, 1.807) is 0 Å². The molecule has 1 amide bonds. The molecule has 6 heteroatoms. The summed E-state index contributed by atoms with van der Waals surface area (Å²) in [7, 11) is 1.00. The third-order valence-electron chi connectivity index (χ3n) is 5.85. The maximum absolute atomic E-state index is 13.4. The zero-order valence-corrected chi connectivity index (χ0v) is 22.6. The van der Waals surface area contributed by atoms with Gasteiger partial charge in [-0.25, -0.2) is 4.79 Å². The lowest BCUT2D eigenvalue weighted by Gasteiger charge is -2.46. The van der Waals surface area contributed by atoms with Gasteiger partial charge in [-0.1, -0.05) is 45.4 Å². The molecule has 0 bridgehead atoms. The van der Waals surface area contributed by atoms with Gasteiger partial charge < -0.3 is 19.6 Å². The molecule has 1 aliphatic heterocycles. The maximum atomic E-state index is 13.4. The van der Waals surface area contributed by atoms with Gasteiger partial charge >= 0.3 is 5.97 Å². The molecule has 0 saturated carbocycles. The molecule has 1 heterocycles. The lowest BCUT2D eigenvalue weighted by Crippen LogP contribution is -2.64. The van der Waals surface area contributed by atoms with Crippen LogP contribution in [0.15, 0.2) is 18.2 Å². The van der Waals surface area contributed by atoms with Crippen molar-refractivity contribution in [2.75, 3.05) is 32.1 Å². The van der Waals surface area contributed by atoms with Gasteiger partial charge in [0, 0.05) is 19.2 Å². The summed E-state index contributed by atoms with van der Waals surface area (Å²) in [5.41, 5.74) is 2.51. The summed E-state index contributed by atoms with van der Waals surface area (Å²) in [6.45, 7) is 17.8. The lowest BCUT2D eigenvalue weighted by atomic mass is 9.95. The molecule has 1 aliphatic rings. The van der Waals surface area contributed by atoms with E-state index in [-0.39, 0.29) is 24.5 Å². The largest absolute Gasteiger partial charge is 0.456 e. The van der Waals surface area contributed by atoms with Gasteiger partial charge in [0.05, 0.1) is 13.1 Å². The van der Waals surface area contributed by atoms with Crippen molar-refractivity contribution >= 4 is 17.6 Å². The van der Waals surface area contributed by atoms with E-state index in [1.165, 1.54) is 0 Å². The van der Waals surface area contributed by atoms with Crippen LogP contribution in [-0.4, -0.2) is 59.9 Å². The first-order valence-electron chi connectivity index (χ1n) is 12.5. The number of ether oxygens (including phenoxy) is 1. The molecule has 0 aliphatic carbocycles. The number of aliphatic hydroxyl groups excluding tert-OH is 1. The second kappa shape index (κ2) is 15.1. The Morgan fingerprint density at radius 3 is 2.21 bits per heavy atom. The number of aliphatic hydroxyl groups is 1. The summed E-state index contributed by atoms with van der Waals surface area (Å²) in [6, 6.07) is 5.82. The molecule has 2 N–H and O–H groups in total. The van der Waals surface area contributed by atoms with Crippen molar-refractivity contribution in [2.45, 2.75) is 99.1 Å². The number of carbonyl (C=O) groups excluding carboxylic acids is 2. The Hall–Kier alpha value is -1.92. The molecule has 1 aromatic carbocycles. The third kappa shape index (κ3) is 9.85. The van der Waals surface area contributed by atoms with E-state index in [0.29, 0.717) is 4.48 Å². The topological polar surface area (TPSA) is 75.6 Å². The fourth-order valence-electron chi connectivity index (χ4n) is 4.43. The molecule has 1 saturated heterocycles. The molecule has 1 aromatic rings. The highest BCUT2D eigenvalue weighted by Gasteiger charge is 2.45. The van der Waals surface area contributed by atoms with E-state index in [1.807, 2.05) is 66.7 Å². The number of benzene rings is 1. The van der Waals surface area contributed by atoms with Crippen LogP contribution in [0.1, 0.15) is 84.8 Å². The number of nitrogens with one attached hydrogen (secondary N) is 1. The highest BCUT2D eigenvalue weighted by Crippen LogP contribution is 2.30. The quantitative estimate of drug-likeness (QED) is 0.418. The second-order valence-electron chi connectivity index (χ2n) is 9.53. The van der Waals surface area contributed by atoms with Crippen LogP contribution in [0.4, 0.5) is 5.69 Å². The number of esters is 1. The van der Waals surface area contributed by atoms with Crippen molar-refractivity contribution in [3.63, 3.8) is 0 Å². The number of anilines is 1. The molecule has 2 rings (SSSR count). The van der Waals surface area contributed by atoms with Crippen LogP contribution in [-0.2, 0) is 14.3 Å². The van der Waals surface area contributed by atoms with Crippen LogP contribution in [0.2, 0.25) is 0 Å². The van der Waals surface area contributed by atoms with E-state index >= 15 is 0 Å². The Kier molecular flexibility index (Phi) is 14.2. The van der Waals surface area contributed by atoms with Gasteiger partial charge in [0.1, 0.15) is 5.60 Å². The van der Waals surface area contributed by atoms with Crippen molar-refractivity contribution < 1.29 is 23.9 Å². The first kappa shape index (κ1) is 31.1. The van der Waals surface area contributed by atoms with E-state index in [4.69, 9.17) is 9.84 Å². The zero-order chi connectivity index (χ0) is 25.7. The van der Waals surface area contributed by atoms with Crippen molar-refractivity contribution in [1.82, 2.24) is 0 Å². The van der Waals surface area contributed by atoms with E-state index in [9.17, 15) is 9.59 Å². The molecule has 2 atom stereocenters. The van der Waals surface area contributed by atoms with Gasteiger partial charge in [0.15, 0.2) is 12.6 Å². The van der Waals surface area contributed by atoms with Crippen molar-refractivity contribution in [3.8, 4) is 0 Å². The number of aryl methyl sites for hydroxylation is 2. The summed E-state index contributed by atoms with van der Waals surface area (Å²) in [5.74, 6) is -0.179. The molecular weight excluding hydrogens is 416 g/mol. The number of likely N-dealkylation sites (tertiary alicyclic amines) is 1. The zero-order valence-electron chi connectivity index (χ0n) is 22.6. The number of nitrogens with zero attached hydrogens (tertiary/aromatic N) is 1. The van der Waals surface area contributed by atoms with Gasteiger partial charge in [0.25, 0.3) is 5.91 Å². The Balaban J connectivity index is 0.00000242. The van der Waals surface area contributed by atoms with Crippen LogP contribution in [0, 0.1) is 13.8 Å². The summed E-state index contributed by atoms with van der Waals surface area (Å²) in [5, 5.41) is 10.2. The average Bonchev–Trinajstić information content (AvgIpc) is 2.76. The highest BCUT2D eigenvalue weighted by molar-refractivity contribution is 5.95. The Bertz CT molecular complexity index is 707. The number of quaternary nitrogens is 1. The van der Waals surface area contributed by atoms with Crippen LogP contribution >= 0.6 is 0 Å². The van der Waals surface area contributed by atoms with Gasteiger partial charge in [-0.15, -0.1) is 0 Å². The van der Waals surface area contributed by atoms with E-state index in [2.05, 4.69) is 12.2 Å². The Morgan fingerprint density at radius 1 is 1.12 bits per heavy atom. The Labute approximate surface area is 202 Å². The van der Waals surface area contributed by atoms with Gasteiger partial charge in [-0.05, 0) is 65.0 Å². The summed E-state index contributed by atoms with van der Waals surface area (Å²) in [4.78, 5) is 26.2. The van der Waals surface area contributed by atoms with Crippen LogP contribution in [0.25, 0.3) is 0 Å². The number of rotatable bonds is 7. The third-order valence-corrected chi connectivity index (χ3v) is 5.85. The molecule has 33 heavy (non-hydrogen) atoms. The minimum absolute atomic E-state index is 0.0294. The smallest absolute Gasteiger partial charge is 0.362 e. The number of piperidine rings is 1. The molecule has 2 unspecified atom stereocenters. The van der Waals surface area contributed by atoms with E-state index in [0.717, 1.165) is 69.1 Å². The van der Waals surface area contributed by atoms with Crippen molar-refractivity contribution in [3.05, 3.63) is 29.3 Å². The lowest BCUT2D eigenvalue weighted by molar-refractivity contribution is -0.940. The number of carbonyl (C=O) groups is 2. The number of para-hydroxylation sites is 1. The first-order valence-corrected chi connectivity index (χ1v) is 12.5. The molecule has 0 aromatic heterocycles. The molecule has 1 fully saturated rings. The van der Waals surface area contributed by atoms with Crippen molar-refractivity contribution in [2.24, 2.45) is 0 Å². The van der Waals surface area contributed by atoms with Gasteiger partial charge in [0.2, 0.25) is 0 Å². The normalized spacial score (nSPS) is 19.9. The first-order chi connectivity index (χ1) is 15.6. The monoisotopic (exact) mass is 465 g/mol. The molecule has 0 spiro atoms. The number of hydrogen-bond donors (Lipinski definition) is 2. The standard InChI is InChI=1S/C24H38N2O3.C2H6.CH4O/c1-7-8-15-26(17-21(27)29-24(4,5)6)16-10-9-14-20(26)23(28)25-22-18(2)12-11-13-19(22)3;2*1-2/h11-13,20H,7-10,14-17H2,1-6H3;1-2H3;2H,1H3/p+1. The van der Waals surface area contributed by atoms with Gasteiger partial charge in [-0.3, -0.25) is 4.79 Å². The van der Waals surface area contributed by atoms with Crippen molar-refractivity contribution in [1.29, 1.82) is 0 Å². The van der Waals surface area contributed by atoms with Crippen LogP contribution < -0.4 is 5.32 Å². The number of unbranched alkanes of at least 4 members (excludes halogenated alkanes) is 1. The highest BCUT2D eigenvalue weighted by atomic mass is 16.6. The summed E-state index contributed by atoms with van der Waals surface area (Å²) in [6.07, 6.45) is 4.91. The average molecular weight is 466 g/mol. The summed E-state index contributed by atoms with van der Waals surface area (Å²) >= 11 is 0. The molecule has 0 radical (unpaired) electrons. The fourth-order valence-corrected chi connectivity index (χ4v) is 4.43. The summed E-state index contributed by atoms with van der Waals surface area (Å²) < 4.78 is 6.16. The molecular formula is C27H49N2O4+. The minimum atomic E-state index is -0.516. The Morgan fingerprint density at radius 2 is 1.70 bits per heavy atom. The van der Waals surface area contributed by atoms with Crippen LogP contribution in [0.5, 0.6) is 0 Å². The molecule has 190 valence electrons. The fraction of sp³-hybridized carbons (Fsp3) is 0.704. The second-order valence-corrected chi connectivity index (χ2v) is 9.53. The maximum Gasteiger partial charge on any atom is 0.362 e.